The first-order chi connectivity index (χ1) is 5.25. The number of rotatable bonds is 2. The minimum Gasteiger partial charge on any atom is -0.295 e. The molecular formula is C10H16O. The third kappa shape index (κ3) is 1.92. The average Bonchev–Trinajstić information content (AvgIpc) is 2.04. The normalized spacial score (nSPS) is 27.1. The van der Waals surface area contributed by atoms with Crippen LogP contribution in [0.4, 0.5) is 0 Å². The number of carbonyl (C=O) groups excluding carboxylic acids is 1. The van der Waals surface area contributed by atoms with Gasteiger partial charge >= 0.3 is 0 Å². The Morgan fingerprint density at radius 3 is 3.00 bits per heavy atom. The number of hydrogen-bond acceptors (Lipinski definition) is 1. The van der Waals surface area contributed by atoms with E-state index in [2.05, 4.69) is 13.8 Å². The molecule has 0 saturated carbocycles. The molecule has 62 valence electrons. The second-order valence-corrected chi connectivity index (χ2v) is 3.37. The molecule has 0 spiro atoms. The summed E-state index contributed by atoms with van der Waals surface area (Å²) in [7, 11) is 0. The van der Waals surface area contributed by atoms with E-state index < -0.39 is 0 Å². The molecular weight excluding hydrogens is 136 g/mol. The van der Waals surface area contributed by atoms with Crippen molar-refractivity contribution in [3.63, 3.8) is 0 Å². The monoisotopic (exact) mass is 152 g/mol. The van der Waals surface area contributed by atoms with Gasteiger partial charge in [-0.15, -0.1) is 0 Å². The lowest BCUT2D eigenvalue weighted by molar-refractivity contribution is -0.120. The SMILES string of the molecule is CC[C@H](C)C1CCC=CC1=O. The maximum Gasteiger partial charge on any atom is 0.158 e. The van der Waals surface area contributed by atoms with Crippen LogP contribution in [0.2, 0.25) is 0 Å². The quantitative estimate of drug-likeness (QED) is 0.594. The maximum absolute atomic E-state index is 11.3. The van der Waals surface area contributed by atoms with Crippen LogP contribution in [0, 0.1) is 11.8 Å². The minimum absolute atomic E-state index is 0.310. The van der Waals surface area contributed by atoms with Crippen molar-refractivity contribution in [3.8, 4) is 0 Å². The summed E-state index contributed by atoms with van der Waals surface area (Å²) in [6, 6.07) is 0. The summed E-state index contributed by atoms with van der Waals surface area (Å²) in [4.78, 5) is 11.3. The van der Waals surface area contributed by atoms with Crippen molar-refractivity contribution in [2.24, 2.45) is 11.8 Å². The van der Waals surface area contributed by atoms with Gasteiger partial charge in [-0.25, -0.2) is 0 Å². The molecule has 0 aromatic heterocycles. The fourth-order valence-corrected chi connectivity index (χ4v) is 1.59. The molecule has 0 aromatic carbocycles. The van der Waals surface area contributed by atoms with E-state index in [1.165, 1.54) is 0 Å². The van der Waals surface area contributed by atoms with Crippen molar-refractivity contribution in [2.75, 3.05) is 0 Å². The summed E-state index contributed by atoms with van der Waals surface area (Å²) in [6.07, 6.45) is 7.00. The first kappa shape index (κ1) is 8.51. The highest BCUT2D eigenvalue weighted by Gasteiger charge is 2.22. The predicted molar refractivity (Wildman–Crippen MR) is 46.3 cm³/mol. The second-order valence-electron chi connectivity index (χ2n) is 3.37. The number of carbonyl (C=O) groups is 1. The van der Waals surface area contributed by atoms with Gasteiger partial charge in [0.2, 0.25) is 0 Å². The van der Waals surface area contributed by atoms with Crippen LogP contribution in [0.25, 0.3) is 0 Å². The van der Waals surface area contributed by atoms with Gasteiger partial charge in [0.1, 0.15) is 0 Å². The minimum atomic E-state index is 0.310. The highest BCUT2D eigenvalue weighted by atomic mass is 16.1. The molecule has 0 saturated heterocycles. The van der Waals surface area contributed by atoms with Crippen LogP contribution in [0.3, 0.4) is 0 Å². The van der Waals surface area contributed by atoms with Crippen molar-refractivity contribution >= 4 is 5.78 Å². The Morgan fingerprint density at radius 2 is 2.45 bits per heavy atom. The Kier molecular flexibility index (Phi) is 2.86. The van der Waals surface area contributed by atoms with Gasteiger partial charge in [-0.05, 0) is 24.8 Å². The molecule has 0 radical (unpaired) electrons. The van der Waals surface area contributed by atoms with Crippen LogP contribution in [-0.2, 0) is 4.79 Å². The largest absolute Gasteiger partial charge is 0.295 e. The van der Waals surface area contributed by atoms with Crippen molar-refractivity contribution in [3.05, 3.63) is 12.2 Å². The van der Waals surface area contributed by atoms with Crippen LogP contribution >= 0.6 is 0 Å². The maximum atomic E-state index is 11.3. The third-order valence-electron chi connectivity index (χ3n) is 2.62. The average molecular weight is 152 g/mol. The lowest BCUT2D eigenvalue weighted by Gasteiger charge is -2.21. The number of allylic oxidation sites excluding steroid dienone is 2. The van der Waals surface area contributed by atoms with Gasteiger partial charge in [0.25, 0.3) is 0 Å². The lowest BCUT2D eigenvalue weighted by Crippen LogP contribution is -2.21. The van der Waals surface area contributed by atoms with Gasteiger partial charge in [-0.3, -0.25) is 4.79 Å². The molecule has 1 aliphatic carbocycles. The van der Waals surface area contributed by atoms with Crippen LogP contribution in [0.1, 0.15) is 33.1 Å². The van der Waals surface area contributed by atoms with Crippen molar-refractivity contribution in [1.82, 2.24) is 0 Å². The van der Waals surface area contributed by atoms with Crippen LogP contribution in [-0.4, -0.2) is 5.78 Å². The summed E-state index contributed by atoms with van der Waals surface area (Å²) in [5.41, 5.74) is 0. The first-order valence-electron chi connectivity index (χ1n) is 4.46. The van der Waals surface area contributed by atoms with Gasteiger partial charge in [-0.2, -0.15) is 0 Å². The van der Waals surface area contributed by atoms with E-state index in [1.54, 1.807) is 6.08 Å². The van der Waals surface area contributed by atoms with Crippen molar-refractivity contribution in [1.29, 1.82) is 0 Å². The Balaban J connectivity index is 2.57. The molecule has 1 nitrogen and oxygen atoms in total. The molecule has 0 amide bonds. The Bertz CT molecular complexity index is 170. The Morgan fingerprint density at radius 1 is 1.73 bits per heavy atom. The van der Waals surface area contributed by atoms with E-state index >= 15 is 0 Å². The first-order valence-corrected chi connectivity index (χ1v) is 4.46. The zero-order valence-electron chi connectivity index (χ0n) is 7.34. The summed E-state index contributed by atoms with van der Waals surface area (Å²) < 4.78 is 0. The van der Waals surface area contributed by atoms with E-state index in [-0.39, 0.29) is 0 Å². The topological polar surface area (TPSA) is 17.1 Å². The molecule has 0 heterocycles. The van der Waals surface area contributed by atoms with Crippen LogP contribution in [0.5, 0.6) is 0 Å². The molecule has 0 aromatic rings. The van der Waals surface area contributed by atoms with Gasteiger partial charge < -0.3 is 0 Å². The smallest absolute Gasteiger partial charge is 0.158 e. The van der Waals surface area contributed by atoms with Crippen molar-refractivity contribution in [2.45, 2.75) is 33.1 Å². The standard InChI is InChI=1S/C10H16O/c1-3-8(2)9-6-4-5-7-10(9)11/h5,7-9H,3-4,6H2,1-2H3/t8-,9?/m0/s1. The zero-order valence-corrected chi connectivity index (χ0v) is 7.34. The van der Waals surface area contributed by atoms with E-state index in [1.807, 2.05) is 6.08 Å². The molecule has 0 bridgehead atoms. The van der Waals surface area contributed by atoms with Gasteiger partial charge in [0, 0.05) is 5.92 Å². The van der Waals surface area contributed by atoms with Crippen LogP contribution in [0.15, 0.2) is 12.2 Å². The predicted octanol–water partition coefficient (Wildman–Crippen LogP) is 2.57. The molecule has 2 atom stereocenters. The fourth-order valence-electron chi connectivity index (χ4n) is 1.59. The molecule has 1 rings (SSSR count). The fraction of sp³-hybridized carbons (Fsp3) is 0.700. The summed E-state index contributed by atoms with van der Waals surface area (Å²) in [6.45, 7) is 4.32. The number of hydrogen-bond donors (Lipinski definition) is 0. The third-order valence-corrected chi connectivity index (χ3v) is 2.62. The van der Waals surface area contributed by atoms with E-state index in [0.717, 1.165) is 19.3 Å². The summed E-state index contributed by atoms with van der Waals surface area (Å²) >= 11 is 0. The van der Waals surface area contributed by atoms with Gasteiger partial charge in [-0.1, -0.05) is 26.3 Å². The molecule has 1 unspecified atom stereocenters. The zero-order chi connectivity index (χ0) is 8.27. The molecule has 1 heteroatoms. The molecule has 0 N–H and O–H groups in total. The summed E-state index contributed by atoms with van der Waals surface area (Å²) in [5, 5.41) is 0. The molecule has 1 aliphatic rings. The van der Waals surface area contributed by atoms with E-state index in [9.17, 15) is 4.79 Å². The number of ketones is 1. The molecule has 0 fully saturated rings. The lowest BCUT2D eigenvalue weighted by atomic mass is 9.82. The van der Waals surface area contributed by atoms with Crippen LogP contribution < -0.4 is 0 Å². The molecule has 0 aliphatic heterocycles. The Hall–Kier alpha value is -0.590. The Labute approximate surface area is 68.5 Å². The second kappa shape index (κ2) is 3.70. The highest BCUT2D eigenvalue weighted by Crippen LogP contribution is 2.24. The summed E-state index contributed by atoms with van der Waals surface area (Å²) in [5.74, 6) is 1.21. The van der Waals surface area contributed by atoms with E-state index in [4.69, 9.17) is 0 Å². The van der Waals surface area contributed by atoms with E-state index in [0.29, 0.717) is 17.6 Å². The highest BCUT2D eigenvalue weighted by molar-refractivity contribution is 5.92. The van der Waals surface area contributed by atoms with Gasteiger partial charge in [0.05, 0.1) is 0 Å². The molecule has 11 heavy (non-hydrogen) atoms. The van der Waals surface area contributed by atoms with Crippen molar-refractivity contribution < 1.29 is 4.79 Å². The van der Waals surface area contributed by atoms with Gasteiger partial charge in [0.15, 0.2) is 5.78 Å².